The summed E-state index contributed by atoms with van der Waals surface area (Å²) >= 11 is 0. The van der Waals surface area contributed by atoms with E-state index in [-0.39, 0.29) is 5.91 Å². The van der Waals surface area contributed by atoms with E-state index in [9.17, 15) is 9.59 Å². The van der Waals surface area contributed by atoms with E-state index >= 15 is 0 Å². The summed E-state index contributed by atoms with van der Waals surface area (Å²) in [5.41, 5.74) is 3.02. The van der Waals surface area contributed by atoms with Crippen LogP contribution in [0.2, 0.25) is 0 Å². The highest BCUT2D eigenvalue weighted by atomic mass is 16.5. The van der Waals surface area contributed by atoms with Gasteiger partial charge in [-0.1, -0.05) is 18.2 Å². The summed E-state index contributed by atoms with van der Waals surface area (Å²) in [6.45, 7) is 7.68. The van der Waals surface area contributed by atoms with Crippen LogP contribution in [0, 0.1) is 13.8 Å². The topological polar surface area (TPSA) is 64.6 Å². The summed E-state index contributed by atoms with van der Waals surface area (Å²) in [4.78, 5) is 24.1. The molecule has 5 heteroatoms. The van der Waals surface area contributed by atoms with Crippen molar-refractivity contribution in [3.8, 4) is 5.75 Å². The van der Waals surface area contributed by atoms with E-state index in [4.69, 9.17) is 9.47 Å². The van der Waals surface area contributed by atoms with Crippen LogP contribution in [0.15, 0.2) is 42.5 Å². The molecule has 132 valence electrons. The van der Waals surface area contributed by atoms with E-state index in [2.05, 4.69) is 5.32 Å². The van der Waals surface area contributed by atoms with Gasteiger partial charge in [0.1, 0.15) is 5.75 Å². The minimum atomic E-state index is -0.674. The number of rotatable bonds is 6. The molecule has 0 aliphatic rings. The van der Waals surface area contributed by atoms with Crippen molar-refractivity contribution in [2.45, 2.75) is 33.8 Å². The van der Waals surface area contributed by atoms with Crippen LogP contribution in [0.4, 0.5) is 5.69 Å². The zero-order chi connectivity index (χ0) is 18.4. The van der Waals surface area contributed by atoms with Gasteiger partial charge in [0.05, 0.1) is 12.2 Å². The Morgan fingerprint density at radius 1 is 1.12 bits per heavy atom. The molecule has 5 nitrogen and oxygen atoms in total. The van der Waals surface area contributed by atoms with Crippen molar-refractivity contribution in [2.75, 3.05) is 11.9 Å². The standard InChI is InChI=1S/C20H23NO4/c1-5-24-20(23)16-9-7-10-17(12-16)21-19(22)15(4)25-18-11-6-8-13(2)14(18)3/h6-12,15H,5H2,1-4H3,(H,21,22)/t15-/m0/s1. The fourth-order valence-corrected chi connectivity index (χ4v) is 2.28. The van der Waals surface area contributed by atoms with E-state index in [1.165, 1.54) is 0 Å². The van der Waals surface area contributed by atoms with Crippen LogP contribution in [0.5, 0.6) is 5.75 Å². The number of nitrogens with one attached hydrogen (secondary N) is 1. The fraction of sp³-hybridized carbons (Fsp3) is 0.300. The molecule has 25 heavy (non-hydrogen) atoms. The molecule has 0 spiro atoms. The summed E-state index contributed by atoms with van der Waals surface area (Å²) < 4.78 is 10.7. The number of hydrogen-bond donors (Lipinski definition) is 1. The molecule has 0 saturated heterocycles. The maximum Gasteiger partial charge on any atom is 0.338 e. The molecule has 1 N–H and O–H groups in total. The zero-order valence-corrected chi connectivity index (χ0v) is 15.0. The lowest BCUT2D eigenvalue weighted by Gasteiger charge is -2.17. The van der Waals surface area contributed by atoms with Gasteiger partial charge in [0, 0.05) is 5.69 Å². The first-order valence-corrected chi connectivity index (χ1v) is 8.23. The van der Waals surface area contributed by atoms with Crippen LogP contribution in [0.25, 0.3) is 0 Å². The molecular weight excluding hydrogens is 318 g/mol. The SMILES string of the molecule is CCOC(=O)c1cccc(NC(=O)[C@H](C)Oc2cccc(C)c2C)c1. The van der Waals surface area contributed by atoms with Crippen molar-refractivity contribution in [1.82, 2.24) is 0 Å². The molecule has 0 heterocycles. The summed E-state index contributed by atoms with van der Waals surface area (Å²) in [6, 6.07) is 12.4. The molecule has 1 atom stereocenters. The lowest BCUT2D eigenvalue weighted by atomic mass is 10.1. The number of carbonyl (C=O) groups excluding carboxylic acids is 2. The van der Waals surface area contributed by atoms with Crippen molar-refractivity contribution in [3.05, 3.63) is 59.2 Å². The van der Waals surface area contributed by atoms with Gasteiger partial charge in [-0.05, 0) is 63.1 Å². The molecule has 0 saturated carbocycles. The molecule has 0 aromatic heterocycles. The van der Waals surface area contributed by atoms with E-state index in [1.54, 1.807) is 38.1 Å². The second-order valence-electron chi connectivity index (χ2n) is 5.75. The quantitative estimate of drug-likeness (QED) is 0.810. The normalized spacial score (nSPS) is 11.5. The van der Waals surface area contributed by atoms with Gasteiger partial charge in [-0.25, -0.2) is 4.79 Å². The Hall–Kier alpha value is -2.82. The number of aryl methyl sites for hydroxylation is 1. The van der Waals surface area contributed by atoms with Gasteiger partial charge in [-0.15, -0.1) is 0 Å². The highest BCUT2D eigenvalue weighted by Gasteiger charge is 2.17. The first kappa shape index (κ1) is 18.5. The van der Waals surface area contributed by atoms with Crippen LogP contribution in [-0.4, -0.2) is 24.6 Å². The average Bonchev–Trinajstić information content (AvgIpc) is 2.59. The molecule has 0 radical (unpaired) electrons. The highest BCUT2D eigenvalue weighted by molar-refractivity contribution is 5.96. The van der Waals surface area contributed by atoms with Gasteiger partial charge >= 0.3 is 5.97 Å². The third kappa shape index (κ3) is 4.83. The molecule has 0 fully saturated rings. The van der Waals surface area contributed by atoms with Crippen molar-refractivity contribution >= 4 is 17.6 Å². The maximum absolute atomic E-state index is 12.4. The predicted molar refractivity (Wildman–Crippen MR) is 97.0 cm³/mol. The zero-order valence-electron chi connectivity index (χ0n) is 15.0. The van der Waals surface area contributed by atoms with Gasteiger partial charge in [-0.3, -0.25) is 4.79 Å². The van der Waals surface area contributed by atoms with Gasteiger partial charge in [-0.2, -0.15) is 0 Å². The van der Waals surface area contributed by atoms with Crippen LogP contribution >= 0.6 is 0 Å². The third-order valence-electron chi connectivity index (χ3n) is 3.87. The first-order chi connectivity index (χ1) is 11.9. The average molecular weight is 341 g/mol. The molecule has 2 aromatic carbocycles. The molecule has 0 aliphatic heterocycles. The van der Waals surface area contributed by atoms with Crippen LogP contribution in [-0.2, 0) is 9.53 Å². The number of ether oxygens (including phenoxy) is 2. The molecule has 0 unspecified atom stereocenters. The van der Waals surface area contributed by atoms with Crippen molar-refractivity contribution in [1.29, 1.82) is 0 Å². The Morgan fingerprint density at radius 2 is 1.84 bits per heavy atom. The van der Waals surface area contributed by atoms with Gasteiger partial charge < -0.3 is 14.8 Å². The lowest BCUT2D eigenvalue weighted by Crippen LogP contribution is -2.30. The number of benzene rings is 2. The minimum Gasteiger partial charge on any atom is -0.481 e. The second kappa shape index (κ2) is 8.33. The van der Waals surface area contributed by atoms with E-state index < -0.39 is 12.1 Å². The second-order valence-corrected chi connectivity index (χ2v) is 5.75. The monoisotopic (exact) mass is 341 g/mol. The number of carbonyl (C=O) groups is 2. The van der Waals surface area contributed by atoms with Crippen LogP contribution < -0.4 is 10.1 Å². The largest absolute Gasteiger partial charge is 0.481 e. The molecule has 0 aliphatic carbocycles. The van der Waals surface area contributed by atoms with Crippen LogP contribution in [0.3, 0.4) is 0 Å². The minimum absolute atomic E-state index is 0.290. The van der Waals surface area contributed by atoms with E-state index in [0.29, 0.717) is 23.6 Å². The summed E-state index contributed by atoms with van der Waals surface area (Å²) in [5, 5.41) is 2.76. The number of amides is 1. The Labute approximate surface area is 148 Å². The highest BCUT2D eigenvalue weighted by Crippen LogP contribution is 2.22. The van der Waals surface area contributed by atoms with Gasteiger partial charge in [0.15, 0.2) is 6.10 Å². The summed E-state index contributed by atoms with van der Waals surface area (Å²) in [5.74, 6) is -0.0249. The van der Waals surface area contributed by atoms with E-state index in [1.807, 2.05) is 32.0 Å². The van der Waals surface area contributed by atoms with Crippen molar-refractivity contribution in [2.24, 2.45) is 0 Å². The number of hydrogen-bond acceptors (Lipinski definition) is 4. The maximum atomic E-state index is 12.4. The Bertz CT molecular complexity index is 770. The first-order valence-electron chi connectivity index (χ1n) is 8.23. The Kier molecular flexibility index (Phi) is 6.17. The smallest absolute Gasteiger partial charge is 0.338 e. The lowest BCUT2D eigenvalue weighted by molar-refractivity contribution is -0.122. The van der Waals surface area contributed by atoms with Crippen molar-refractivity contribution < 1.29 is 19.1 Å². The number of anilines is 1. The Morgan fingerprint density at radius 3 is 2.56 bits per heavy atom. The fourth-order valence-electron chi connectivity index (χ4n) is 2.28. The van der Waals surface area contributed by atoms with Crippen LogP contribution in [0.1, 0.15) is 35.3 Å². The molecular formula is C20H23NO4. The molecule has 1 amide bonds. The Balaban J connectivity index is 2.05. The molecule has 0 bridgehead atoms. The van der Waals surface area contributed by atoms with E-state index in [0.717, 1.165) is 11.1 Å². The summed E-state index contributed by atoms with van der Waals surface area (Å²) in [7, 11) is 0. The predicted octanol–water partition coefficient (Wildman–Crippen LogP) is 3.89. The third-order valence-corrected chi connectivity index (χ3v) is 3.87. The number of esters is 1. The van der Waals surface area contributed by atoms with Crippen molar-refractivity contribution in [3.63, 3.8) is 0 Å². The molecule has 2 aromatic rings. The summed E-state index contributed by atoms with van der Waals surface area (Å²) in [6.07, 6.45) is -0.674. The van der Waals surface area contributed by atoms with Gasteiger partial charge in [0.2, 0.25) is 0 Å². The van der Waals surface area contributed by atoms with Gasteiger partial charge in [0.25, 0.3) is 5.91 Å². The molecule has 2 rings (SSSR count).